The zero-order valence-electron chi connectivity index (χ0n) is 8.17. The first-order valence-corrected chi connectivity index (χ1v) is 6.27. The minimum Gasteiger partial charge on any atom is -0.385 e. The summed E-state index contributed by atoms with van der Waals surface area (Å²) < 4.78 is 1.21. The molecule has 1 aromatic rings. The Kier molecular flexibility index (Phi) is 3.12. The van der Waals surface area contributed by atoms with Crippen LogP contribution in [0.4, 0.5) is 0 Å². The molecule has 1 fully saturated rings. The molecule has 14 heavy (non-hydrogen) atoms. The second-order valence-electron chi connectivity index (χ2n) is 4.10. The van der Waals surface area contributed by atoms with Crippen LogP contribution in [0.25, 0.3) is 0 Å². The zero-order chi connectivity index (χ0) is 10.0. The normalized spacial score (nSPS) is 20.7. The van der Waals surface area contributed by atoms with Crippen LogP contribution in [0.3, 0.4) is 0 Å². The Labute approximate surface area is 98.7 Å². The summed E-state index contributed by atoms with van der Waals surface area (Å²) in [6, 6.07) is 8.25. The SMILES string of the molecule is OC1(c2cccc(I)c2)CCCCC1. The molecule has 1 aromatic carbocycles. The van der Waals surface area contributed by atoms with Crippen molar-refractivity contribution in [2.24, 2.45) is 0 Å². The Hall–Kier alpha value is -0.0900. The van der Waals surface area contributed by atoms with E-state index in [1.54, 1.807) is 0 Å². The highest BCUT2D eigenvalue weighted by molar-refractivity contribution is 14.1. The highest BCUT2D eigenvalue weighted by Gasteiger charge is 2.30. The van der Waals surface area contributed by atoms with E-state index in [9.17, 15) is 5.11 Å². The molecule has 0 radical (unpaired) electrons. The van der Waals surface area contributed by atoms with E-state index in [1.807, 2.05) is 12.1 Å². The Morgan fingerprint density at radius 2 is 1.86 bits per heavy atom. The van der Waals surface area contributed by atoms with Crippen molar-refractivity contribution in [3.05, 3.63) is 33.4 Å². The minimum absolute atomic E-state index is 0.542. The van der Waals surface area contributed by atoms with Gasteiger partial charge in [0.15, 0.2) is 0 Å². The highest BCUT2D eigenvalue weighted by atomic mass is 127. The molecule has 1 aliphatic rings. The molecule has 0 bridgehead atoms. The number of halogens is 1. The van der Waals surface area contributed by atoms with E-state index in [-0.39, 0.29) is 0 Å². The van der Waals surface area contributed by atoms with Gasteiger partial charge in [0.2, 0.25) is 0 Å². The van der Waals surface area contributed by atoms with Gasteiger partial charge in [0.25, 0.3) is 0 Å². The van der Waals surface area contributed by atoms with Crippen LogP contribution in [0.5, 0.6) is 0 Å². The Morgan fingerprint density at radius 1 is 1.14 bits per heavy atom. The molecule has 76 valence electrons. The summed E-state index contributed by atoms with van der Waals surface area (Å²) in [5, 5.41) is 10.5. The first-order valence-electron chi connectivity index (χ1n) is 5.19. The van der Waals surface area contributed by atoms with Crippen LogP contribution in [0, 0.1) is 3.57 Å². The second kappa shape index (κ2) is 4.19. The number of benzene rings is 1. The van der Waals surface area contributed by atoms with Crippen molar-refractivity contribution in [2.75, 3.05) is 0 Å². The molecule has 1 saturated carbocycles. The summed E-state index contributed by atoms with van der Waals surface area (Å²) in [7, 11) is 0. The summed E-state index contributed by atoms with van der Waals surface area (Å²) in [4.78, 5) is 0. The lowest BCUT2D eigenvalue weighted by Crippen LogP contribution is -2.28. The predicted octanol–water partition coefficient (Wildman–Crippen LogP) is 3.44. The molecule has 0 aliphatic heterocycles. The smallest absolute Gasteiger partial charge is 0.0896 e. The molecule has 1 aliphatic carbocycles. The molecule has 1 N–H and O–H groups in total. The summed E-state index contributed by atoms with van der Waals surface area (Å²) in [5.41, 5.74) is 0.559. The summed E-state index contributed by atoms with van der Waals surface area (Å²) in [6.07, 6.45) is 5.43. The fraction of sp³-hybridized carbons (Fsp3) is 0.500. The van der Waals surface area contributed by atoms with Crippen molar-refractivity contribution in [3.63, 3.8) is 0 Å². The molecule has 0 spiro atoms. The molecule has 0 aromatic heterocycles. The third-order valence-electron chi connectivity index (χ3n) is 3.04. The average Bonchev–Trinajstić information content (AvgIpc) is 2.19. The number of hydrogen-bond acceptors (Lipinski definition) is 1. The summed E-state index contributed by atoms with van der Waals surface area (Å²) >= 11 is 2.30. The predicted molar refractivity (Wildman–Crippen MR) is 66.1 cm³/mol. The van der Waals surface area contributed by atoms with E-state index in [2.05, 4.69) is 34.7 Å². The van der Waals surface area contributed by atoms with Gasteiger partial charge < -0.3 is 5.11 Å². The third-order valence-corrected chi connectivity index (χ3v) is 3.71. The molecular weight excluding hydrogens is 287 g/mol. The Bertz CT molecular complexity index is 316. The van der Waals surface area contributed by atoms with Crippen LogP contribution < -0.4 is 0 Å². The maximum atomic E-state index is 10.5. The molecule has 0 atom stereocenters. The first-order chi connectivity index (χ1) is 6.71. The maximum absolute atomic E-state index is 10.5. The largest absolute Gasteiger partial charge is 0.385 e. The second-order valence-corrected chi connectivity index (χ2v) is 5.35. The molecule has 1 nitrogen and oxygen atoms in total. The van der Waals surface area contributed by atoms with Crippen LogP contribution in [-0.2, 0) is 5.60 Å². The molecule has 0 heterocycles. The van der Waals surface area contributed by atoms with Crippen molar-refractivity contribution < 1.29 is 5.11 Å². The van der Waals surface area contributed by atoms with Crippen molar-refractivity contribution in [3.8, 4) is 0 Å². The monoisotopic (exact) mass is 302 g/mol. The minimum atomic E-state index is -0.542. The Balaban J connectivity index is 2.28. The number of hydrogen-bond donors (Lipinski definition) is 1. The van der Waals surface area contributed by atoms with Gasteiger partial charge in [0, 0.05) is 3.57 Å². The van der Waals surface area contributed by atoms with Crippen LogP contribution in [0.2, 0.25) is 0 Å². The lowest BCUT2D eigenvalue weighted by molar-refractivity contribution is -0.000680. The summed E-state index contributed by atoms with van der Waals surface area (Å²) in [6.45, 7) is 0. The lowest BCUT2D eigenvalue weighted by atomic mass is 9.80. The fourth-order valence-electron chi connectivity index (χ4n) is 2.20. The third kappa shape index (κ3) is 2.11. The molecule has 0 amide bonds. The van der Waals surface area contributed by atoms with E-state index in [0.717, 1.165) is 31.2 Å². The van der Waals surface area contributed by atoms with Gasteiger partial charge in [-0.25, -0.2) is 0 Å². The lowest BCUT2D eigenvalue weighted by Gasteiger charge is -2.32. The fourth-order valence-corrected chi connectivity index (χ4v) is 2.75. The Morgan fingerprint density at radius 3 is 2.50 bits per heavy atom. The van der Waals surface area contributed by atoms with E-state index >= 15 is 0 Å². The van der Waals surface area contributed by atoms with Gasteiger partial charge in [-0.1, -0.05) is 31.4 Å². The van der Waals surface area contributed by atoms with Gasteiger partial charge in [-0.2, -0.15) is 0 Å². The van der Waals surface area contributed by atoms with E-state index in [4.69, 9.17) is 0 Å². The van der Waals surface area contributed by atoms with Crippen LogP contribution in [0.1, 0.15) is 37.7 Å². The van der Waals surface area contributed by atoms with Crippen molar-refractivity contribution in [2.45, 2.75) is 37.7 Å². The number of rotatable bonds is 1. The average molecular weight is 302 g/mol. The molecule has 2 heteroatoms. The van der Waals surface area contributed by atoms with Gasteiger partial charge in [-0.05, 0) is 53.1 Å². The van der Waals surface area contributed by atoms with Crippen LogP contribution in [-0.4, -0.2) is 5.11 Å². The van der Waals surface area contributed by atoms with E-state index < -0.39 is 5.60 Å². The first kappa shape index (κ1) is 10.4. The number of aliphatic hydroxyl groups is 1. The zero-order valence-corrected chi connectivity index (χ0v) is 10.3. The summed E-state index contributed by atoms with van der Waals surface area (Å²) in [5.74, 6) is 0. The van der Waals surface area contributed by atoms with Crippen LogP contribution >= 0.6 is 22.6 Å². The van der Waals surface area contributed by atoms with Gasteiger partial charge >= 0.3 is 0 Å². The van der Waals surface area contributed by atoms with Gasteiger partial charge in [-0.3, -0.25) is 0 Å². The van der Waals surface area contributed by atoms with E-state index in [1.165, 1.54) is 9.99 Å². The molecule has 0 saturated heterocycles. The highest BCUT2D eigenvalue weighted by Crippen LogP contribution is 2.37. The topological polar surface area (TPSA) is 20.2 Å². The molecule has 2 rings (SSSR count). The van der Waals surface area contributed by atoms with Crippen LogP contribution in [0.15, 0.2) is 24.3 Å². The standard InChI is InChI=1S/C12H15IO/c13-11-6-4-5-10(9-11)12(14)7-2-1-3-8-12/h4-6,9,14H,1-3,7-8H2. The maximum Gasteiger partial charge on any atom is 0.0896 e. The van der Waals surface area contributed by atoms with Crippen molar-refractivity contribution >= 4 is 22.6 Å². The van der Waals surface area contributed by atoms with Gasteiger partial charge in [0.1, 0.15) is 0 Å². The van der Waals surface area contributed by atoms with E-state index in [0.29, 0.717) is 0 Å². The molecular formula is C12H15IO. The van der Waals surface area contributed by atoms with Gasteiger partial charge in [-0.15, -0.1) is 0 Å². The quantitative estimate of drug-likeness (QED) is 0.788. The van der Waals surface area contributed by atoms with Crippen molar-refractivity contribution in [1.29, 1.82) is 0 Å². The molecule has 0 unspecified atom stereocenters. The van der Waals surface area contributed by atoms with Crippen molar-refractivity contribution in [1.82, 2.24) is 0 Å². The van der Waals surface area contributed by atoms with Gasteiger partial charge in [0.05, 0.1) is 5.60 Å².